The van der Waals surface area contributed by atoms with Crippen molar-refractivity contribution in [2.45, 2.75) is 32.2 Å². The maximum Gasteiger partial charge on any atom is 0.148 e. The van der Waals surface area contributed by atoms with Crippen molar-refractivity contribution in [1.29, 1.82) is 0 Å². The smallest absolute Gasteiger partial charge is 0.148 e. The number of rotatable bonds is 5. The Morgan fingerprint density at radius 3 is 2.70 bits per heavy atom. The molecular weight excluding hydrogens is 254 g/mol. The molecule has 0 aliphatic heterocycles. The second-order valence-corrected chi connectivity index (χ2v) is 5.20. The van der Waals surface area contributed by atoms with Crippen molar-refractivity contribution in [2.24, 2.45) is 12.9 Å². The van der Waals surface area contributed by atoms with E-state index >= 15 is 0 Å². The molecule has 2 heterocycles. The third-order valence-corrected chi connectivity index (χ3v) is 3.46. The van der Waals surface area contributed by atoms with Gasteiger partial charge in [0.25, 0.3) is 0 Å². The summed E-state index contributed by atoms with van der Waals surface area (Å²) in [5.41, 5.74) is 4.70. The van der Waals surface area contributed by atoms with Crippen molar-refractivity contribution < 1.29 is 0 Å². The average molecular weight is 273 g/mol. The summed E-state index contributed by atoms with van der Waals surface area (Å²) in [5, 5.41) is 7.49. The first kappa shape index (κ1) is 12.9. The minimum absolute atomic E-state index is 0.488. The zero-order valence-corrected chi connectivity index (χ0v) is 11.7. The molecule has 0 aromatic carbocycles. The summed E-state index contributed by atoms with van der Waals surface area (Å²) in [6, 6.07) is 0. The van der Waals surface area contributed by atoms with Gasteiger partial charge in [-0.3, -0.25) is 4.68 Å². The van der Waals surface area contributed by atoms with Crippen molar-refractivity contribution in [3.8, 4) is 0 Å². The molecule has 1 aliphatic rings. The van der Waals surface area contributed by atoms with Crippen LogP contribution < -0.4 is 16.6 Å². The number of nitrogens with one attached hydrogen (secondary N) is 2. The van der Waals surface area contributed by atoms with Crippen molar-refractivity contribution in [3.63, 3.8) is 0 Å². The Morgan fingerprint density at radius 1 is 1.35 bits per heavy atom. The first-order valence-corrected chi connectivity index (χ1v) is 6.74. The van der Waals surface area contributed by atoms with E-state index in [4.69, 9.17) is 5.84 Å². The lowest BCUT2D eigenvalue weighted by atomic mass is 10.2. The fourth-order valence-electron chi connectivity index (χ4n) is 2.12. The number of nitrogens with zero attached hydrogens (tertiary/aromatic N) is 4. The van der Waals surface area contributed by atoms with Crippen LogP contribution in [0.2, 0.25) is 0 Å². The molecule has 4 N–H and O–H groups in total. The summed E-state index contributed by atoms with van der Waals surface area (Å²) in [6.45, 7) is 2.64. The molecule has 7 heteroatoms. The van der Waals surface area contributed by atoms with Crippen LogP contribution >= 0.6 is 0 Å². The number of aromatic nitrogens is 4. The minimum Gasteiger partial charge on any atom is -0.365 e. The molecule has 1 fully saturated rings. The summed E-state index contributed by atoms with van der Waals surface area (Å²) < 4.78 is 1.78. The lowest BCUT2D eigenvalue weighted by molar-refractivity contribution is 0.767. The standard InChI is InChI=1S/C13H19N7/c1-8-11(15-5-9-6-16-20(2)7-9)17-13(10-3-4-10)18-12(8)19-14/h6-7,10H,3-5,14H2,1-2H3,(H2,15,17,18,19). The molecule has 20 heavy (non-hydrogen) atoms. The van der Waals surface area contributed by atoms with Crippen molar-refractivity contribution >= 4 is 11.6 Å². The van der Waals surface area contributed by atoms with Crippen LogP contribution in [0.4, 0.5) is 11.6 Å². The first-order chi connectivity index (χ1) is 9.67. The molecule has 0 atom stereocenters. The summed E-state index contributed by atoms with van der Waals surface area (Å²) in [5.74, 6) is 8.42. The number of hydrogen-bond acceptors (Lipinski definition) is 6. The average Bonchev–Trinajstić information content (AvgIpc) is 3.21. The van der Waals surface area contributed by atoms with Gasteiger partial charge < -0.3 is 10.7 Å². The second-order valence-electron chi connectivity index (χ2n) is 5.20. The van der Waals surface area contributed by atoms with Gasteiger partial charge in [0.15, 0.2) is 0 Å². The zero-order chi connectivity index (χ0) is 14.1. The molecule has 1 aliphatic carbocycles. The molecule has 2 aromatic rings. The van der Waals surface area contributed by atoms with Gasteiger partial charge in [0, 0.05) is 36.8 Å². The highest BCUT2D eigenvalue weighted by atomic mass is 15.3. The van der Waals surface area contributed by atoms with Gasteiger partial charge in [-0.15, -0.1) is 0 Å². The van der Waals surface area contributed by atoms with E-state index in [1.807, 2.05) is 26.4 Å². The third-order valence-electron chi connectivity index (χ3n) is 3.46. The molecule has 3 rings (SSSR count). The Labute approximate surface area is 117 Å². The van der Waals surface area contributed by atoms with Crippen LogP contribution in [-0.2, 0) is 13.6 Å². The van der Waals surface area contributed by atoms with Gasteiger partial charge in [-0.25, -0.2) is 15.8 Å². The Morgan fingerprint density at radius 2 is 2.10 bits per heavy atom. The monoisotopic (exact) mass is 273 g/mol. The molecule has 1 saturated carbocycles. The van der Waals surface area contributed by atoms with Crippen LogP contribution in [0, 0.1) is 6.92 Å². The molecule has 0 spiro atoms. The number of nitrogen functional groups attached to an aromatic ring is 1. The lowest BCUT2D eigenvalue weighted by Crippen LogP contribution is -2.14. The quantitative estimate of drug-likeness (QED) is 0.561. The van der Waals surface area contributed by atoms with Gasteiger partial charge in [-0.2, -0.15) is 5.10 Å². The maximum absolute atomic E-state index is 5.54. The number of hydrogen-bond donors (Lipinski definition) is 3. The molecule has 0 unspecified atom stereocenters. The predicted molar refractivity (Wildman–Crippen MR) is 77.1 cm³/mol. The van der Waals surface area contributed by atoms with E-state index < -0.39 is 0 Å². The molecule has 0 amide bonds. The molecule has 106 valence electrons. The van der Waals surface area contributed by atoms with Crippen molar-refractivity contribution in [2.75, 3.05) is 10.7 Å². The summed E-state index contributed by atoms with van der Waals surface area (Å²) in [7, 11) is 1.90. The van der Waals surface area contributed by atoms with Crippen LogP contribution in [0.5, 0.6) is 0 Å². The van der Waals surface area contributed by atoms with Crippen LogP contribution in [-0.4, -0.2) is 19.7 Å². The maximum atomic E-state index is 5.54. The van der Waals surface area contributed by atoms with Crippen LogP contribution in [0.3, 0.4) is 0 Å². The molecule has 0 radical (unpaired) electrons. The third kappa shape index (κ3) is 2.57. The summed E-state index contributed by atoms with van der Waals surface area (Å²) in [4.78, 5) is 9.09. The van der Waals surface area contributed by atoms with Gasteiger partial charge in [0.2, 0.25) is 0 Å². The topological polar surface area (TPSA) is 93.7 Å². The Kier molecular flexibility index (Phi) is 3.27. The van der Waals surface area contributed by atoms with Gasteiger partial charge >= 0.3 is 0 Å². The fourth-order valence-corrected chi connectivity index (χ4v) is 2.12. The number of aryl methyl sites for hydroxylation is 1. The van der Waals surface area contributed by atoms with E-state index in [2.05, 4.69) is 25.8 Å². The highest BCUT2D eigenvalue weighted by Gasteiger charge is 2.28. The summed E-state index contributed by atoms with van der Waals surface area (Å²) in [6.07, 6.45) is 6.14. The second kappa shape index (κ2) is 5.09. The molecular formula is C13H19N7. The van der Waals surface area contributed by atoms with Crippen LogP contribution in [0.15, 0.2) is 12.4 Å². The van der Waals surface area contributed by atoms with Gasteiger partial charge in [-0.05, 0) is 19.8 Å². The minimum atomic E-state index is 0.488. The largest absolute Gasteiger partial charge is 0.365 e. The highest BCUT2D eigenvalue weighted by molar-refractivity contribution is 5.57. The molecule has 0 saturated heterocycles. The number of nitrogens with two attached hydrogens (primary N) is 1. The van der Waals surface area contributed by atoms with Crippen molar-refractivity contribution in [3.05, 3.63) is 29.3 Å². The summed E-state index contributed by atoms with van der Waals surface area (Å²) >= 11 is 0. The van der Waals surface area contributed by atoms with E-state index in [9.17, 15) is 0 Å². The Hall–Kier alpha value is -2.15. The predicted octanol–water partition coefficient (Wildman–Crippen LogP) is 1.29. The van der Waals surface area contributed by atoms with E-state index in [1.54, 1.807) is 4.68 Å². The van der Waals surface area contributed by atoms with E-state index in [0.717, 1.165) is 35.6 Å². The molecule has 2 aromatic heterocycles. The Bertz CT molecular complexity index is 615. The SMILES string of the molecule is Cc1c(NN)nc(C2CC2)nc1NCc1cnn(C)c1. The lowest BCUT2D eigenvalue weighted by Gasteiger charge is -2.13. The van der Waals surface area contributed by atoms with Gasteiger partial charge in [-0.1, -0.05) is 0 Å². The van der Waals surface area contributed by atoms with Gasteiger partial charge in [0.1, 0.15) is 17.5 Å². The first-order valence-electron chi connectivity index (χ1n) is 6.74. The van der Waals surface area contributed by atoms with E-state index in [0.29, 0.717) is 18.3 Å². The van der Waals surface area contributed by atoms with Crippen molar-refractivity contribution in [1.82, 2.24) is 19.7 Å². The number of anilines is 2. The highest BCUT2D eigenvalue weighted by Crippen LogP contribution is 2.39. The Balaban J connectivity index is 1.81. The fraction of sp³-hybridized carbons (Fsp3) is 0.462. The van der Waals surface area contributed by atoms with Gasteiger partial charge in [0.05, 0.1) is 6.20 Å². The van der Waals surface area contributed by atoms with Crippen LogP contribution in [0.1, 0.15) is 35.7 Å². The molecule has 7 nitrogen and oxygen atoms in total. The van der Waals surface area contributed by atoms with E-state index in [1.165, 1.54) is 0 Å². The normalized spacial score (nSPS) is 14.3. The van der Waals surface area contributed by atoms with Crippen LogP contribution in [0.25, 0.3) is 0 Å². The van der Waals surface area contributed by atoms with E-state index in [-0.39, 0.29) is 0 Å². The zero-order valence-electron chi connectivity index (χ0n) is 11.7. The molecule has 0 bridgehead atoms. The number of hydrazine groups is 1.